The van der Waals surface area contributed by atoms with Crippen molar-refractivity contribution < 1.29 is 9.47 Å². The van der Waals surface area contributed by atoms with E-state index in [2.05, 4.69) is 45.0 Å². The van der Waals surface area contributed by atoms with E-state index in [0.717, 1.165) is 19.4 Å². The van der Waals surface area contributed by atoms with Crippen molar-refractivity contribution in [2.45, 2.75) is 46.0 Å². The summed E-state index contributed by atoms with van der Waals surface area (Å²) < 4.78 is 11.7. The van der Waals surface area contributed by atoms with Gasteiger partial charge in [-0.25, -0.2) is 0 Å². The highest BCUT2D eigenvalue weighted by molar-refractivity contribution is 5.14. The molecule has 94 valence electrons. The number of aryl methyl sites for hydroxylation is 1. The van der Waals surface area contributed by atoms with Gasteiger partial charge in [0.15, 0.2) is 6.29 Å². The second-order valence-corrected chi connectivity index (χ2v) is 5.53. The van der Waals surface area contributed by atoms with Crippen LogP contribution in [0.4, 0.5) is 0 Å². The van der Waals surface area contributed by atoms with Gasteiger partial charge in [0.2, 0.25) is 0 Å². The Hall–Kier alpha value is -0.860. The van der Waals surface area contributed by atoms with Crippen LogP contribution in [0.5, 0.6) is 0 Å². The SMILES string of the molecule is C[C@H]1O[C@@H](CCc2ccccc2)OCC1(C)C. The third kappa shape index (κ3) is 3.30. The second kappa shape index (κ2) is 5.19. The maximum atomic E-state index is 5.90. The summed E-state index contributed by atoms with van der Waals surface area (Å²) in [6.07, 6.45) is 2.17. The molecule has 0 aromatic heterocycles. The zero-order chi connectivity index (χ0) is 12.3. The molecule has 1 aromatic rings. The molecule has 0 N–H and O–H groups in total. The monoisotopic (exact) mass is 234 g/mol. The Labute approximate surface area is 104 Å². The Morgan fingerprint density at radius 1 is 1.24 bits per heavy atom. The Morgan fingerprint density at radius 3 is 2.59 bits per heavy atom. The lowest BCUT2D eigenvalue weighted by Crippen LogP contribution is -2.44. The molecule has 0 aliphatic carbocycles. The van der Waals surface area contributed by atoms with Crippen LogP contribution in [0, 0.1) is 5.41 Å². The number of benzene rings is 1. The molecule has 1 aromatic carbocycles. The van der Waals surface area contributed by atoms with E-state index in [4.69, 9.17) is 9.47 Å². The minimum Gasteiger partial charge on any atom is -0.352 e. The molecule has 2 nitrogen and oxygen atoms in total. The maximum absolute atomic E-state index is 5.90. The molecule has 0 saturated carbocycles. The number of ether oxygens (including phenoxy) is 2. The molecule has 1 aliphatic rings. The normalized spacial score (nSPS) is 27.9. The first-order valence-electron chi connectivity index (χ1n) is 6.39. The highest BCUT2D eigenvalue weighted by atomic mass is 16.7. The van der Waals surface area contributed by atoms with Crippen molar-refractivity contribution in [1.82, 2.24) is 0 Å². The third-order valence-corrected chi connectivity index (χ3v) is 3.61. The van der Waals surface area contributed by atoms with Crippen LogP contribution in [0.15, 0.2) is 30.3 Å². The summed E-state index contributed by atoms with van der Waals surface area (Å²) >= 11 is 0. The summed E-state index contributed by atoms with van der Waals surface area (Å²) in [5.41, 5.74) is 1.47. The van der Waals surface area contributed by atoms with Crippen molar-refractivity contribution in [1.29, 1.82) is 0 Å². The summed E-state index contributed by atoms with van der Waals surface area (Å²) in [6.45, 7) is 7.29. The fraction of sp³-hybridized carbons (Fsp3) is 0.600. The summed E-state index contributed by atoms with van der Waals surface area (Å²) in [5.74, 6) is 0. The lowest BCUT2D eigenvalue weighted by molar-refractivity contribution is -0.255. The predicted molar refractivity (Wildman–Crippen MR) is 68.8 cm³/mol. The molecule has 1 aliphatic heterocycles. The molecular weight excluding hydrogens is 212 g/mol. The van der Waals surface area contributed by atoms with Crippen LogP contribution < -0.4 is 0 Å². The third-order valence-electron chi connectivity index (χ3n) is 3.61. The first-order valence-corrected chi connectivity index (χ1v) is 6.39. The van der Waals surface area contributed by atoms with E-state index in [1.54, 1.807) is 0 Å². The van der Waals surface area contributed by atoms with E-state index in [-0.39, 0.29) is 17.8 Å². The number of hydrogen-bond acceptors (Lipinski definition) is 2. The van der Waals surface area contributed by atoms with Gasteiger partial charge >= 0.3 is 0 Å². The molecule has 1 fully saturated rings. The van der Waals surface area contributed by atoms with Crippen LogP contribution in [0.3, 0.4) is 0 Å². The van der Waals surface area contributed by atoms with Crippen LogP contribution in [0.25, 0.3) is 0 Å². The Balaban J connectivity index is 1.82. The first-order chi connectivity index (χ1) is 8.08. The van der Waals surface area contributed by atoms with Crippen molar-refractivity contribution in [3.63, 3.8) is 0 Å². The van der Waals surface area contributed by atoms with Crippen molar-refractivity contribution in [3.8, 4) is 0 Å². The van der Waals surface area contributed by atoms with Crippen LogP contribution in [-0.2, 0) is 15.9 Å². The molecule has 2 rings (SSSR count). The molecule has 2 atom stereocenters. The zero-order valence-corrected chi connectivity index (χ0v) is 11.0. The van der Waals surface area contributed by atoms with Gasteiger partial charge in [-0.2, -0.15) is 0 Å². The van der Waals surface area contributed by atoms with Crippen LogP contribution >= 0.6 is 0 Å². The van der Waals surface area contributed by atoms with Gasteiger partial charge in [-0.05, 0) is 18.9 Å². The Bertz CT molecular complexity index is 345. The summed E-state index contributed by atoms with van der Waals surface area (Å²) in [7, 11) is 0. The van der Waals surface area contributed by atoms with Crippen LogP contribution in [0.1, 0.15) is 32.8 Å². The summed E-state index contributed by atoms with van der Waals surface area (Å²) in [4.78, 5) is 0. The van der Waals surface area contributed by atoms with E-state index < -0.39 is 0 Å². The van der Waals surface area contributed by atoms with Crippen molar-refractivity contribution in [2.75, 3.05) is 6.61 Å². The van der Waals surface area contributed by atoms with Gasteiger partial charge < -0.3 is 9.47 Å². The maximum Gasteiger partial charge on any atom is 0.158 e. The quantitative estimate of drug-likeness (QED) is 0.798. The minimum absolute atomic E-state index is 0.0433. The van der Waals surface area contributed by atoms with Crippen LogP contribution in [-0.4, -0.2) is 19.0 Å². The van der Waals surface area contributed by atoms with Crippen molar-refractivity contribution >= 4 is 0 Å². The average Bonchev–Trinajstić information content (AvgIpc) is 2.32. The van der Waals surface area contributed by atoms with Crippen molar-refractivity contribution in [2.24, 2.45) is 5.41 Å². The Kier molecular flexibility index (Phi) is 3.85. The topological polar surface area (TPSA) is 18.5 Å². The number of hydrogen-bond donors (Lipinski definition) is 0. The van der Waals surface area contributed by atoms with E-state index in [1.165, 1.54) is 5.56 Å². The first kappa shape index (κ1) is 12.6. The zero-order valence-electron chi connectivity index (χ0n) is 11.0. The summed E-state index contributed by atoms with van der Waals surface area (Å²) in [5, 5.41) is 0. The highest BCUT2D eigenvalue weighted by Crippen LogP contribution is 2.30. The van der Waals surface area contributed by atoms with Crippen molar-refractivity contribution in [3.05, 3.63) is 35.9 Å². The molecular formula is C15H22O2. The van der Waals surface area contributed by atoms with E-state index in [9.17, 15) is 0 Å². The largest absolute Gasteiger partial charge is 0.352 e. The molecule has 0 spiro atoms. The predicted octanol–water partition coefficient (Wildman–Crippen LogP) is 3.41. The molecule has 0 bridgehead atoms. The molecule has 2 heteroatoms. The summed E-state index contributed by atoms with van der Waals surface area (Å²) in [6, 6.07) is 10.5. The molecule has 1 saturated heterocycles. The lowest BCUT2D eigenvalue weighted by atomic mass is 9.87. The number of rotatable bonds is 3. The standard InChI is InChI=1S/C15H22O2/c1-12-15(2,3)11-16-14(17-12)10-9-13-7-5-4-6-8-13/h4-8,12,14H,9-11H2,1-3H3/t12-,14+/m1/s1. The molecule has 1 heterocycles. The smallest absolute Gasteiger partial charge is 0.158 e. The average molecular weight is 234 g/mol. The van der Waals surface area contributed by atoms with Gasteiger partial charge in [-0.3, -0.25) is 0 Å². The van der Waals surface area contributed by atoms with Gasteiger partial charge in [0.25, 0.3) is 0 Å². The van der Waals surface area contributed by atoms with Gasteiger partial charge in [0.1, 0.15) is 0 Å². The van der Waals surface area contributed by atoms with Gasteiger partial charge in [-0.15, -0.1) is 0 Å². The minimum atomic E-state index is -0.0433. The van der Waals surface area contributed by atoms with E-state index in [0.29, 0.717) is 0 Å². The van der Waals surface area contributed by atoms with Gasteiger partial charge in [0, 0.05) is 11.8 Å². The molecule has 17 heavy (non-hydrogen) atoms. The second-order valence-electron chi connectivity index (χ2n) is 5.53. The fourth-order valence-electron chi connectivity index (χ4n) is 1.96. The van der Waals surface area contributed by atoms with Gasteiger partial charge in [0.05, 0.1) is 12.7 Å². The highest BCUT2D eigenvalue weighted by Gasteiger charge is 2.34. The Morgan fingerprint density at radius 2 is 1.94 bits per heavy atom. The molecule has 0 unspecified atom stereocenters. The van der Waals surface area contributed by atoms with Gasteiger partial charge in [-0.1, -0.05) is 44.2 Å². The van der Waals surface area contributed by atoms with Crippen LogP contribution in [0.2, 0.25) is 0 Å². The fourth-order valence-corrected chi connectivity index (χ4v) is 1.96. The molecule has 0 radical (unpaired) electrons. The van der Waals surface area contributed by atoms with E-state index in [1.807, 2.05) is 6.07 Å². The molecule has 0 amide bonds. The van der Waals surface area contributed by atoms with E-state index >= 15 is 0 Å². The lowest BCUT2D eigenvalue weighted by Gasteiger charge is -2.40.